The molecule has 6 aromatic carbocycles. The second-order valence-electron chi connectivity index (χ2n) is 11.1. The van der Waals surface area contributed by atoms with Gasteiger partial charge in [0.05, 0.1) is 33.9 Å². The lowest BCUT2D eigenvalue weighted by Gasteiger charge is -2.16. The van der Waals surface area contributed by atoms with Crippen molar-refractivity contribution in [2.75, 3.05) is 0 Å². The van der Waals surface area contributed by atoms with Crippen molar-refractivity contribution in [1.82, 2.24) is 19.5 Å². The van der Waals surface area contributed by atoms with Gasteiger partial charge in [-0.15, -0.1) is 0 Å². The molecule has 0 atom stereocenters. The van der Waals surface area contributed by atoms with Gasteiger partial charge in [-0.05, 0) is 54.1 Å². The van der Waals surface area contributed by atoms with E-state index >= 15 is 8.78 Å². The van der Waals surface area contributed by atoms with Gasteiger partial charge in [-0.25, -0.2) is 23.7 Å². The first-order valence-electron chi connectivity index (χ1n) is 15.0. The molecule has 0 spiro atoms. The van der Waals surface area contributed by atoms with E-state index in [1.807, 2.05) is 103 Å². The minimum absolute atomic E-state index is 0.137. The Morgan fingerprint density at radius 3 is 1.77 bits per heavy atom. The zero-order valence-electron chi connectivity index (χ0n) is 24.8. The topological polar surface area (TPSA) is 67.4 Å². The fraction of sp³-hybridized carbons (Fsp3) is 0. The average molecular weight is 612 g/mol. The first-order valence-corrected chi connectivity index (χ1v) is 15.0. The van der Waals surface area contributed by atoms with Crippen molar-refractivity contribution < 1.29 is 8.78 Å². The molecule has 2 heterocycles. The van der Waals surface area contributed by atoms with Crippen molar-refractivity contribution in [2.45, 2.75) is 0 Å². The highest BCUT2D eigenvalue weighted by Gasteiger charge is 2.22. The molecule has 5 nitrogen and oxygen atoms in total. The Morgan fingerprint density at radius 1 is 0.511 bits per heavy atom. The van der Waals surface area contributed by atoms with Gasteiger partial charge in [0.25, 0.3) is 0 Å². The lowest BCUT2D eigenvalue weighted by Crippen LogP contribution is -2.04. The van der Waals surface area contributed by atoms with Gasteiger partial charge in [-0.3, -0.25) is 0 Å². The Balaban J connectivity index is 1.48. The van der Waals surface area contributed by atoms with Gasteiger partial charge in [-0.1, -0.05) is 91.0 Å². The van der Waals surface area contributed by atoms with Crippen molar-refractivity contribution in [3.05, 3.63) is 157 Å². The quantitative estimate of drug-likeness (QED) is 0.194. The molecule has 222 valence electrons. The van der Waals surface area contributed by atoms with Crippen LogP contribution in [0.5, 0.6) is 0 Å². The highest BCUT2D eigenvalue weighted by atomic mass is 19.1. The molecule has 0 saturated heterocycles. The molecule has 8 aromatic rings. The normalized spacial score (nSPS) is 11.2. The summed E-state index contributed by atoms with van der Waals surface area (Å²) in [4.78, 5) is 14.8. The first-order chi connectivity index (χ1) is 23.1. The summed E-state index contributed by atoms with van der Waals surface area (Å²) in [6.07, 6.45) is 0. The molecule has 7 heteroatoms. The largest absolute Gasteiger partial charge is 0.308 e. The van der Waals surface area contributed by atoms with Crippen molar-refractivity contribution in [3.8, 4) is 57.0 Å². The molecule has 0 unspecified atom stereocenters. The van der Waals surface area contributed by atoms with Gasteiger partial charge in [-0.2, -0.15) is 5.26 Å². The maximum absolute atomic E-state index is 15.2. The van der Waals surface area contributed by atoms with E-state index < -0.39 is 11.6 Å². The highest BCUT2D eigenvalue weighted by Crippen LogP contribution is 2.39. The zero-order chi connectivity index (χ0) is 31.9. The fourth-order valence-electron chi connectivity index (χ4n) is 6.07. The van der Waals surface area contributed by atoms with Gasteiger partial charge in [0, 0.05) is 27.5 Å². The van der Waals surface area contributed by atoms with E-state index in [2.05, 4.69) is 10.6 Å². The minimum atomic E-state index is -0.671. The Bertz CT molecular complexity index is 2420. The second-order valence-corrected chi connectivity index (χ2v) is 11.1. The molecule has 0 radical (unpaired) electrons. The van der Waals surface area contributed by atoms with E-state index in [9.17, 15) is 5.26 Å². The van der Waals surface area contributed by atoms with Crippen molar-refractivity contribution in [3.63, 3.8) is 0 Å². The number of hydrogen-bond donors (Lipinski definition) is 0. The monoisotopic (exact) mass is 611 g/mol. The molecule has 0 amide bonds. The van der Waals surface area contributed by atoms with Crippen LogP contribution in [0.4, 0.5) is 8.78 Å². The van der Waals surface area contributed by atoms with Crippen molar-refractivity contribution >= 4 is 21.8 Å². The van der Waals surface area contributed by atoms with Crippen LogP contribution in [0.25, 0.3) is 72.8 Å². The predicted molar refractivity (Wildman–Crippen MR) is 181 cm³/mol. The van der Waals surface area contributed by atoms with Crippen molar-refractivity contribution in [2.24, 2.45) is 0 Å². The standard InChI is InChI=1S/C40H23F2N5/c41-32-15-9-16-33(42)37(32)28-19-21-36(47-34-17-8-7-14-29(34)30-22-25(24-43)18-20-35(30)47)31(23-28)40-45-38(26-10-3-1-4-11-26)44-39(46-40)27-12-5-2-6-13-27/h1-23H. The third-order valence-electron chi connectivity index (χ3n) is 8.23. The van der Waals surface area contributed by atoms with Crippen LogP contribution in [0.3, 0.4) is 0 Å². The molecular weight excluding hydrogens is 588 g/mol. The van der Waals surface area contributed by atoms with E-state index in [1.54, 1.807) is 18.2 Å². The van der Waals surface area contributed by atoms with Crippen LogP contribution in [0, 0.1) is 23.0 Å². The summed E-state index contributed by atoms with van der Waals surface area (Å²) in [5.41, 5.74) is 5.35. The number of nitrogens with zero attached hydrogens (tertiary/aromatic N) is 5. The van der Waals surface area contributed by atoms with Crippen LogP contribution in [0.15, 0.2) is 140 Å². The van der Waals surface area contributed by atoms with Gasteiger partial charge >= 0.3 is 0 Å². The molecule has 0 aliphatic carbocycles. The first kappa shape index (κ1) is 28.0. The number of aromatic nitrogens is 4. The predicted octanol–water partition coefficient (Wildman–Crippen LogP) is 9.79. The summed E-state index contributed by atoms with van der Waals surface area (Å²) in [5, 5.41) is 11.5. The van der Waals surface area contributed by atoms with Gasteiger partial charge in [0.1, 0.15) is 11.6 Å². The van der Waals surface area contributed by atoms with Gasteiger partial charge in [0.2, 0.25) is 0 Å². The third kappa shape index (κ3) is 4.89. The Morgan fingerprint density at radius 2 is 1.11 bits per heavy atom. The highest BCUT2D eigenvalue weighted by molar-refractivity contribution is 6.10. The summed E-state index contributed by atoms with van der Waals surface area (Å²) in [6, 6.07) is 44.1. The number of benzene rings is 6. The van der Waals surface area contributed by atoms with E-state index in [4.69, 9.17) is 15.0 Å². The molecule has 0 N–H and O–H groups in total. The fourth-order valence-corrected chi connectivity index (χ4v) is 6.07. The molecule has 47 heavy (non-hydrogen) atoms. The SMILES string of the molecule is N#Cc1ccc2c(c1)c1ccccc1n2-c1ccc(-c2c(F)cccc2F)cc1-c1nc(-c2ccccc2)nc(-c2ccccc2)n1. The molecule has 0 fully saturated rings. The molecule has 2 aromatic heterocycles. The number of halogens is 2. The number of fused-ring (bicyclic) bond motifs is 3. The maximum atomic E-state index is 15.2. The summed E-state index contributed by atoms with van der Waals surface area (Å²) in [7, 11) is 0. The second kappa shape index (κ2) is 11.4. The van der Waals surface area contributed by atoms with Crippen LogP contribution in [0.1, 0.15) is 5.56 Å². The molecule has 0 bridgehead atoms. The maximum Gasteiger partial charge on any atom is 0.166 e. The molecular formula is C40H23F2N5. The minimum Gasteiger partial charge on any atom is -0.308 e. The summed E-state index contributed by atoms with van der Waals surface area (Å²) >= 11 is 0. The Hall–Kier alpha value is -6.52. The summed E-state index contributed by atoms with van der Waals surface area (Å²) < 4.78 is 32.5. The Kier molecular flexibility index (Phi) is 6.81. The van der Waals surface area contributed by atoms with Crippen LogP contribution in [0.2, 0.25) is 0 Å². The number of hydrogen-bond acceptors (Lipinski definition) is 4. The van der Waals surface area contributed by atoms with Crippen LogP contribution < -0.4 is 0 Å². The number of rotatable bonds is 5. The lowest BCUT2D eigenvalue weighted by molar-refractivity contribution is 0.589. The van der Waals surface area contributed by atoms with E-state index in [-0.39, 0.29) is 5.56 Å². The number of nitriles is 1. The van der Waals surface area contributed by atoms with E-state index in [1.165, 1.54) is 18.2 Å². The van der Waals surface area contributed by atoms with Crippen molar-refractivity contribution in [1.29, 1.82) is 5.26 Å². The zero-order valence-corrected chi connectivity index (χ0v) is 24.8. The molecule has 8 rings (SSSR count). The van der Waals surface area contributed by atoms with Crippen LogP contribution in [-0.2, 0) is 0 Å². The third-order valence-corrected chi connectivity index (χ3v) is 8.23. The average Bonchev–Trinajstić information content (AvgIpc) is 3.45. The van der Waals surface area contributed by atoms with E-state index in [0.717, 1.165) is 32.9 Å². The summed E-state index contributed by atoms with van der Waals surface area (Å²) in [6.45, 7) is 0. The van der Waals surface area contributed by atoms with E-state index in [0.29, 0.717) is 39.9 Å². The van der Waals surface area contributed by atoms with Gasteiger partial charge < -0.3 is 4.57 Å². The van der Waals surface area contributed by atoms with Gasteiger partial charge in [0.15, 0.2) is 17.5 Å². The van der Waals surface area contributed by atoms with Crippen LogP contribution in [-0.4, -0.2) is 19.5 Å². The Labute approximate surface area is 268 Å². The lowest BCUT2D eigenvalue weighted by atomic mass is 9.99. The number of para-hydroxylation sites is 1. The molecule has 0 saturated carbocycles. The summed E-state index contributed by atoms with van der Waals surface area (Å²) in [5.74, 6) is -0.0798. The molecule has 0 aliphatic rings. The van der Waals surface area contributed by atoms with Crippen LogP contribution >= 0.6 is 0 Å². The smallest absolute Gasteiger partial charge is 0.166 e. The molecule has 0 aliphatic heterocycles.